The van der Waals surface area contributed by atoms with E-state index in [1.807, 2.05) is 0 Å². The minimum absolute atomic E-state index is 0.357. The number of hydrogen-bond acceptors (Lipinski definition) is 14. The lowest BCUT2D eigenvalue weighted by atomic mass is 9.92. The molecule has 6 aliphatic carbocycles. The molecule has 6 saturated carbocycles. The van der Waals surface area contributed by atoms with Gasteiger partial charge in [-0.15, -0.1) is 0 Å². The fourth-order valence-electron chi connectivity index (χ4n) is 12.9. The first-order valence-corrected chi connectivity index (χ1v) is 40.8. The van der Waals surface area contributed by atoms with Crippen molar-refractivity contribution >= 4 is 70.6 Å². The molecule has 0 saturated heterocycles. The highest BCUT2D eigenvalue weighted by molar-refractivity contribution is 8.01. The predicted molar refractivity (Wildman–Crippen MR) is 360 cm³/mol. The first kappa shape index (κ1) is 71.9. The van der Waals surface area contributed by atoms with Crippen molar-refractivity contribution in [2.45, 2.75) is 269 Å². The van der Waals surface area contributed by atoms with Gasteiger partial charge in [-0.2, -0.15) is 70.6 Å². The Morgan fingerprint density at radius 1 is 0.198 bits per heavy atom. The molecule has 0 aromatic carbocycles. The Labute approximate surface area is 524 Å². The second-order valence-corrected chi connectivity index (χ2v) is 34.1. The van der Waals surface area contributed by atoms with Crippen molar-refractivity contribution in [3.05, 3.63) is 0 Å². The van der Waals surface area contributed by atoms with Crippen LogP contribution in [-0.2, 0) is 37.9 Å². The van der Waals surface area contributed by atoms with Crippen LogP contribution in [0.5, 0.6) is 0 Å². The summed E-state index contributed by atoms with van der Waals surface area (Å²) in [5.74, 6) is 7.10. The van der Waals surface area contributed by atoms with Gasteiger partial charge < -0.3 is 37.9 Å². The Morgan fingerprint density at radius 2 is 0.346 bits per heavy atom. The minimum atomic E-state index is -0.357. The summed E-state index contributed by atoms with van der Waals surface area (Å²) in [5, 5.41) is 5.06. The van der Waals surface area contributed by atoms with Gasteiger partial charge in [0.25, 0.3) is 0 Å². The first-order valence-electron chi connectivity index (χ1n) is 34.5. The molecule has 0 amide bonds. The molecule has 0 aromatic heterocycles. The van der Waals surface area contributed by atoms with Gasteiger partial charge in [0.05, 0.1) is 63.7 Å². The molecule has 0 heterocycles. The molecular formula is C67H124O8S6. The maximum Gasteiger partial charge on any atom is 0.0637 e. The largest absolute Gasteiger partial charge is 0.381 e. The zero-order chi connectivity index (χ0) is 56.1. The molecule has 0 N–H and O–H groups in total. The third-order valence-corrected chi connectivity index (χ3v) is 26.7. The molecule has 0 spiro atoms. The predicted octanol–water partition coefficient (Wildman–Crippen LogP) is 18.2. The van der Waals surface area contributed by atoms with Gasteiger partial charge in [0, 0.05) is 84.4 Å². The Bertz CT molecular complexity index is 1150. The Kier molecular flexibility index (Phi) is 43.1. The van der Waals surface area contributed by atoms with Gasteiger partial charge in [-0.25, -0.2) is 0 Å². The summed E-state index contributed by atoms with van der Waals surface area (Å²) in [4.78, 5) is 0. The van der Waals surface area contributed by atoms with Gasteiger partial charge in [0.2, 0.25) is 0 Å². The molecule has 14 heteroatoms. The number of hydrogen-bond donors (Lipinski definition) is 0. The van der Waals surface area contributed by atoms with Gasteiger partial charge in [0.15, 0.2) is 0 Å². The van der Waals surface area contributed by atoms with Crippen LogP contribution in [-0.4, -0.2) is 172 Å². The summed E-state index contributed by atoms with van der Waals surface area (Å²) >= 11 is 13.1. The highest BCUT2D eigenvalue weighted by atomic mass is 32.2. The minimum Gasteiger partial charge on any atom is -0.381 e. The van der Waals surface area contributed by atoms with Gasteiger partial charge in [0.1, 0.15) is 0 Å². The Hall–Kier alpha value is 1.78. The number of rotatable bonds is 50. The molecule has 8 nitrogen and oxygen atoms in total. The quantitative estimate of drug-likeness (QED) is 0.0543. The average Bonchev–Trinajstić information content (AvgIpc) is 3.52. The molecule has 0 unspecified atom stereocenters. The normalized spacial score (nSPS) is 20.4. The molecule has 0 bridgehead atoms. The molecule has 0 aromatic rings. The van der Waals surface area contributed by atoms with Crippen molar-refractivity contribution in [1.29, 1.82) is 0 Å². The van der Waals surface area contributed by atoms with Crippen molar-refractivity contribution in [2.75, 3.05) is 140 Å². The SMILES string of the molecule is C1CCC(SCCCOCC(COCCCOCC(COCCCSC2CCCCC2)(COCCCSC2CCCCC2)COCCCSC2CCCCC2)(COCCCSC2CCCCC2)COCCCSC2CCCCC2)CC1. The molecule has 81 heavy (non-hydrogen) atoms. The summed E-state index contributed by atoms with van der Waals surface area (Å²) in [6.07, 6.45) is 49.4. The first-order chi connectivity index (χ1) is 40.2. The molecule has 6 rings (SSSR count). The lowest BCUT2D eigenvalue weighted by molar-refractivity contribution is -0.114. The summed E-state index contributed by atoms with van der Waals surface area (Å²) < 4.78 is 53.4. The summed E-state index contributed by atoms with van der Waals surface area (Å²) in [7, 11) is 0. The highest BCUT2D eigenvalue weighted by Gasteiger charge is 2.35. The Balaban J connectivity index is 1.01. The smallest absolute Gasteiger partial charge is 0.0637 e. The van der Waals surface area contributed by atoms with E-state index in [0.29, 0.717) is 66.1 Å². The van der Waals surface area contributed by atoms with Crippen LogP contribution in [0.1, 0.15) is 238 Å². The van der Waals surface area contributed by atoms with Crippen LogP contribution in [0.4, 0.5) is 0 Å². The zero-order valence-electron chi connectivity index (χ0n) is 51.9. The lowest BCUT2D eigenvalue weighted by Crippen LogP contribution is -2.42. The molecule has 0 aliphatic heterocycles. The Morgan fingerprint density at radius 3 is 0.506 bits per heavy atom. The van der Waals surface area contributed by atoms with E-state index in [4.69, 9.17) is 37.9 Å². The van der Waals surface area contributed by atoms with E-state index in [9.17, 15) is 0 Å². The molecule has 0 atom stereocenters. The topological polar surface area (TPSA) is 73.8 Å². The van der Waals surface area contributed by atoms with E-state index in [0.717, 1.165) is 116 Å². The fraction of sp³-hybridized carbons (Fsp3) is 1.00. The van der Waals surface area contributed by atoms with Crippen LogP contribution >= 0.6 is 70.6 Å². The fourth-order valence-corrected chi connectivity index (χ4v) is 20.6. The van der Waals surface area contributed by atoms with Crippen molar-refractivity contribution < 1.29 is 37.9 Å². The standard InChI is InChI=1S/C67H124O8S6/c1-7-26-60(27-8-1)76-46-20-40-70-54-66(55-71-41-21-47-77-61-28-9-2-10-29-61,56-72-42-22-48-78-62-30-11-3-12-31-62)52-68-38-19-39-69-53-67(57-73-43-23-49-79-63-32-13-4-14-33-63,58-74-44-24-50-80-64-34-15-5-16-35-64)59-75-45-25-51-81-65-36-17-6-18-37-65/h60-65H,1-59H2. The average molecular weight is 1250 g/mol. The number of thioether (sulfide) groups is 6. The number of ether oxygens (including phenoxy) is 8. The third kappa shape index (κ3) is 35.1. The molecular weight excluding hydrogens is 1130 g/mol. The van der Waals surface area contributed by atoms with Crippen LogP contribution in [0.25, 0.3) is 0 Å². The summed E-state index contributed by atoms with van der Waals surface area (Å²) in [5.41, 5.74) is -0.714. The molecule has 6 fully saturated rings. The highest BCUT2D eigenvalue weighted by Crippen LogP contribution is 2.34. The lowest BCUT2D eigenvalue weighted by Gasteiger charge is -2.34. The van der Waals surface area contributed by atoms with E-state index in [2.05, 4.69) is 70.6 Å². The van der Waals surface area contributed by atoms with E-state index in [-0.39, 0.29) is 10.8 Å². The summed E-state index contributed by atoms with van der Waals surface area (Å²) in [6.45, 7) is 10.7. The molecule has 0 radical (unpaired) electrons. The molecule has 6 aliphatic rings. The van der Waals surface area contributed by atoms with Crippen molar-refractivity contribution in [1.82, 2.24) is 0 Å². The van der Waals surface area contributed by atoms with E-state index >= 15 is 0 Å². The zero-order valence-corrected chi connectivity index (χ0v) is 56.8. The monoisotopic (exact) mass is 1250 g/mol. The van der Waals surface area contributed by atoms with Gasteiger partial charge in [-0.3, -0.25) is 0 Å². The summed E-state index contributed by atoms with van der Waals surface area (Å²) in [6, 6.07) is 0. The van der Waals surface area contributed by atoms with Crippen LogP contribution < -0.4 is 0 Å². The van der Waals surface area contributed by atoms with Crippen molar-refractivity contribution in [3.8, 4) is 0 Å². The van der Waals surface area contributed by atoms with E-state index < -0.39 is 0 Å². The van der Waals surface area contributed by atoms with Gasteiger partial charge in [-0.05, 0) is 157 Å². The van der Waals surface area contributed by atoms with Crippen LogP contribution in [0.3, 0.4) is 0 Å². The van der Waals surface area contributed by atoms with Crippen molar-refractivity contribution in [2.24, 2.45) is 10.8 Å². The second-order valence-electron chi connectivity index (χ2n) is 25.7. The van der Waals surface area contributed by atoms with Crippen molar-refractivity contribution in [3.63, 3.8) is 0 Å². The third-order valence-electron chi connectivity index (χ3n) is 17.9. The van der Waals surface area contributed by atoms with E-state index in [1.165, 1.54) is 227 Å². The maximum absolute atomic E-state index is 6.73. The molecule has 476 valence electrons. The second kappa shape index (κ2) is 48.6. The van der Waals surface area contributed by atoms with Crippen LogP contribution in [0, 0.1) is 10.8 Å². The van der Waals surface area contributed by atoms with Crippen LogP contribution in [0.15, 0.2) is 0 Å². The van der Waals surface area contributed by atoms with Crippen LogP contribution in [0.2, 0.25) is 0 Å². The van der Waals surface area contributed by atoms with E-state index in [1.54, 1.807) is 0 Å². The maximum atomic E-state index is 6.73. The van der Waals surface area contributed by atoms with Gasteiger partial charge in [-0.1, -0.05) is 116 Å². The van der Waals surface area contributed by atoms with Gasteiger partial charge >= 0.3 is 0 Å².